The molecule has 35 nitrogen and oxygen atoms in total. The molecule has 0 saturated heterocycles. The van der Waals surface area contributed by atoms with Crippen molar-refractivity contribution in [3.05, 3.63) is 191 Å². The quantitative estimate of drug-likeness (QED) is 0.0183. The van der Waals surface area contributed by atoms with Gasteiger partial charge in [0.1, 0.15) is 33.6 Å². The van der Waals surface area contributed by atoms with Crippen LogP contribution in [-0.2, 0) is 68.8 Å². The van der Waals surface area contributed by atoms with Crippen LogP contribution >= 0.6 is 0 Å². The van der Waals surface area contributed by atoms with Crippen LogP contribution in [-0.4, -0.2) is 136 Å². The molecule has 15 rings (SSSR count). The summed E-state index contributed by atoms with van der Waals surface area (Å²) in [5, 5.41) is 26.5. The van der Waals surface area contributed by atoms with E-state index in [1.807, 2.05) is 0 Å². The lowest BCUT2D eigenvalue weighted by Crippen LogP contribution is -2.25. The van der Waals surface area contributed by atoms with Crippen LogP contribution in [0.2, 0.25) is 0 Å². The van der Waals surface area contributed by atoms with Crippen LogP contribution in [0, 0.1) is 23.7 Å². The van der Waals surface area contributed by atoms with Gasteiger partial charge in [-0.05, 0) is 95.5 Å². The van der Waals surface area contributed by atoms with Crippen LogP contribution in [0.5, 0.6) is 0 Å². The van der Waals surface area contributed by atoms with Crippen LogP contribution in [0.15, 0.2) is 136 Å². The van der Waals surface area contributed by atoms with E-state index in [0.717, 1.165) is 48.7 Å². The molecule has 12 aromatic heterocycles. The highest BCUT2D eigenvalue weighted by atomic mass is 19.4. The number of imidazole rings is 3. The number of pyridine rings is 4. The van der Waals surface area contributed by atoms with Gasteiger partial charge in [-0.25, -0.2) is 49.8 Å². The first-order valence-electron chi connectivity index (χ1n) is 39.2. The van der Waals surface area contributed by atoms with E-state index in [9.17, 15) is 28.8 Å². The summed E-state index contributed by atoms with van der Waals surface area (Å²) in [6.07, 6.45) is -5.69. The van der Waals surface area contributed by atoms with Crippen LogP contribution in [0.1, 0.15) is 159 Å². The first-order chi connectivity index (χ1) is 62.0. The number of amides is 6. The molecule has 0 unspecified atom stereocenters. The van der Waals surface area contributed by atoms with Gasteiger partial charge in [-0.2, -0.15) is 54.5 Å². The molecule has 15 aromatic rings. The van der Waals surface area contributed by atoms with E-state index in [4.69, 9.17) is 38.5 Å². The van der Waals surface area contributed by atoms with Crippen LogP contribution in [0.25, 0.3) is 124 Å². The molecule has 3 aromatic carbocycles. The van der Waals surface area contributed by atoms with Crippen molar-refractivity contribution in [1.82, 2.24) is 116 Å². The number of hydrogen-bond donors (Lipinski definition) is 9. The fraction of sp³-hybridized carbons (Fsp3) is 0.230. The van der Waals surface area contributed by atoms with E-state index < -0.39 is 141 Å². The number of benzene rings is 3. The predicted molar refractivity (Wildman–Crippen MR) is 452 cm³/mol. The Morgan fingerprint density at radius 2 is 0.832 bits per heavy atom. The SMILES string of the molecule is C=CC(=O)Nc1nccnc1-c1nc2c(-c3ccc(CNC(=O)c4nc(C(C)(C)C)no4)c(C(F)(F)F)c3)c(-c3cnc(-c4nc5c(-c6ccc(CNC(=O)c7nc(C(C)(C)C)no7)c(C(F)(F)F)c6)c(-c6cnc(-c7nc8c(-c9ccc(CNC(=O)c%10nc(C(C)(C)C)no%10)c(C(F)(F)F)c9)ccnc8[nH]7)c(NC(=O)C#CC)n6)cnc5[nH]4)c(NC(=O)C#CC)c3)cnc2[nH]1. The number of halogens is 9. The van der Waals surface area contributed by atoms with Gasteiger partial charge in [0, 0.05) is 106 Å². The molecular formula is C87H69F9N26O9. The zero-order valence-electron chi connectivity index (χ0n) is 70.5. The zero-order valence-corrected chi connectivity index (χ0v) is 70.5. The summed E-state index contributed by atoms with van der Waals surface area (Å²) in [7, 11) is 0. The van der Waals surface area contributed by atoms with Crippen molar-refractivity contribution in [2.45, 2.75) is 131 Å². The minimum absolute atomic E-state index is 0.00710. The monoisotopic (exact) mass is 1790 g/mol. The van der Waals surface area contributed by atoms with E-state index >= 15 is 39.5 Å². The summed E-state index contributed by atoms with van der Waals surface area (Å²) in [6.45, 7) is 19.9. The second kappa shape index (κ2) is 34.6. The third kappa shape index (κ3) is 18.8. The van der Waals surface area contributed by atoms with Crippen molar-refractivity contribution in [2.24, 2.45) is 0 Å². The van der Waals surface area contributed by atoms with E-state index in [0.29, 0.717) is 0 Å². The van der Waals surface area contributed by atoms with E-state index in [1.165, 1.54) is 81.4 Å². The number of aromatic amines is 3. The third-order valence-corrected chi connectivity index (χ3v) is 19.7. The first-order valence-corrected chi connectivity index (χ1v) is 39.2. The fourth-order valence-corrected chi connectivity index (χ4v) is 13.4. The van der Waals surface area contributed by atoms with Crippen LogP contribution in [0.3, 0.4) is 0 Å². The molecule has 131 heavy (non-hydrogen) atoms. The summed E-state index contributed by atoms with van der Waals surface area (Å²) >= 11 is 0. The Bertz CT molecular complexity index is 7300. The molecule has 9 N–H and O–H groups in total. The average molecular weight is 1790 g/mol. The Labute approximate surface area is 732 Å². The second-order valence-electron chi connectivity index (χ2n) is 32.2. The number of H-pyrrole nitrogens is 3. The summed E-state index contributed by atoms with van der Waals surface area (Å²) < 4.78 is 156. The number of alkyl halides is 9. The minimum Gasteiger partial charge on any atom is -0.344 e. The number of carbonyl (C=O) groups excluding carboxylic acids is 6. The maximum atomic E-state index is 16.0. The van der Waals surface area contributed by atoms with Gasteiger partial charge in [0.15, 0.2) is 63.5 Å². The summed E-state index contributed by atoms with van der Waals surface area (Å²) in [5.41, 5.74) is -9.23. The molecule has 0 spiro atoms. The summed E-state index contributed by atoms with van der Waals surface area (Å²) in [4.78, 5) is 153. The Balaban J connectivity index is 0.870. The maximum absolute atomic E-state index is 16.0. The van der Waals surface area contributed by atoms with Crippen molar-refractivity contribution >= 4 is 86.3 Å². The highest BCUT2D eigenvalue weighted by molar-refractivity contribution is 6.09. The number of fused-ring (bicyclic) bond motifs is 3. The number of anilines is 3. The van der Waals surface area contributed by atoms with Gasteiger partial charge in [-0.3, -0.25) is 39.1 Å². The smallest absolute Gasteiger partial charge is 0.344 e. The highest BCUT2D eigenvalue weighted by Crippen LogP contribution is 2.47. The molecule has 44 heteroatoms. The topological polar surface area (TPSA) is 481 Å². The van der Waals surface area contributed by atoms with E-state index in [-0.39, 0.29) is 158 Å². The van der Waals surface area contributed by atoms with Gasteiger partial charge in [-0.15, -0.1) is 0 Å². The number of nitrogens with zero attached hydrogens (tertiary/aromatic N) is 17. The molecule has 0 atom stereocenters. The average Bonchev–Trinajstić information content (AvgIpc) is 1.66. The Hall–Kier alpha value is -16.7. The van der Waals surface area contributed by atoms with Gasteiger partial charge in [-0.1, -0.05) is 133 Å². The van der Waals surface area contributed by atoms with Crippen molar-refractivity contribution in [3.8, 4) is 114 Å². The highest BCUT2D eigenvalue weighted by Gasteiger charge is 2.40. The van der Waals surface area contributed by atoms with Gasteiger partial charge in [0.2, 0.25) is 5.91 Å². The zero-order chi connectivity index (χ0) is 93.7. The van der Waals surface area contributed by atoms with Crippen molar-refractivity contribution < 1.29 is 81.9 Å². The standard InChI is InChI=1S/C87H69F9N26O9/c1-13-16-55(124)107-52-31-45(47-36-102-66-61(113-71(116-66)63-68(99-27-26-97-63)109-54(123)15-3)57(47)40-19-22-43(50(29-40)86(91,92)93)33-105-74(127)77-118-80(121-130-77)83(7,8)9)35-100-60(52)69-112-62-58(41-20-23-44(51(30-41)87(94,95)96)34-106-75(128)78-119-81(122-131-78)84(10,11)12)48(37-103-67(62)115-69)53-38-101-64(70(108-53)110-56(125)17-14-2)72-111-59-46(24-25-98-65(59)114-72)39-18-21-42(49(28-39)85(88,89)90)32-104-73(126)76-117-79(120-129-76)82(4,5)6/h15,18-31,35-38H,3,32-34H2,1-2,4-12H3,(H,104,126)(H,105,127)(H,106,128)(H,107,124)(H,98,111,114)(H,99,109,123)(H,102,113,116)(H,103,112,115)(H,108,110,125). The fourth-order valence-electron chi connectivity index (χ4n) is 13.4. The Kier molecular flexibility index (Phi) is 23.5. The van der Waals surface area contributed by atoms with Crippen LogP contribution in [0.4, 0.5) is 56.8 Å². The van der Waals surface area contributed by atoms with E-state index in [2.05, 4.69) is 137 Å². The summed E-state index contributed by atoms with van der Waals surface area (Å²) in [5.74, 6) is 2.05. The first kappa shape index (κ1) is 89.1. The number of carbonyl (C=O) groups is 6. The van der Waals surface area contributed by atoms with Gasteiger partial charge >= 0.3 is 59.8 Å². The number of aromatic nitrogens is 20. The predicted octanol–water partition coefficient (Wildman–Crippen LogP) is 14.7. The van der Waals surface area contributed by atoms with Gasteiger partial charge < -0.3 is 55.1 Å². The number of rotatable bonds is 21. The molecule has 0 fully saturated rings. The number of nitrogens with one attached hydrogen (secondary N) is 9. The van der Waals surface area contributed by atoms with Crippen molar-refractivity contribution in [2.75, 3.05) is 16.0 Å². The normalized spacial score (nSPS) is 12.0. The van der Waals surface area contributed by atoms with Crippen LogP contribution < -0.4 is 31.9 Å². The largest absolute Gasteiger partial charge is 0.416 e. The molecule has 0 aliphatic heterocycles. The van der Waals surface area contributed by atoms with Crippen molar-refractivity contribution in [3.63, 3.8) is 0 Å². The molecule has 12 heterocycles. The molecule has 6 amide bonds. The summed E-state index contributed by atoms with van der Waals surface area (Å²) in [6, 6.07) is 12.4. The Morgan fingerprint density at radius 3 is 1.30 bits per heavy atom. The molecule has 0 saturated carbocycles. The molecular weight excluding hydrogens is 1720 g/mol. The van der Waals surface area contributed by atoms with Gasteiger partial charge in [0.25, 0.3) is 5.91 Å². The second-order valence-corrected chi connectivity index (χ2v) is 32.2. The molecule has 0 aliphatic rings. The van der Waals surface area contributed by atoms with Gasteiger partial charge in [0.05, 0.1) is 34.3 Å². The Morgan fingerprint density at radius 1 is 0.412 bits per heavy atom. The molecule has 664 valence electrons. The number of hydrogen-bond acceptors (Lipinski definition) is 26. The lowest BCUT2D eigenvalue weighted by Gasteiger charge is -2.17. The molecule has 0 bridgehead atoms. The minimum atomic E-state index is -5.19. The molecule has 0 radical (unpaired) electrons. The third-order valence-electron chi connectivity index (χ3n) is 19.7. The lowest BCUT2D eigenvalue weighted by molar-refractivity contribution is -0.139. The maximum Gasteiger partial charge on any atom is 0.416 e. The van der Waals surface area contributed by atoms with Crippen molar-refractivity contribution in [1.29, 1.82) is 0 Å². The van der Waals surface area contributed by atoms with E-state index in [1.54, 1.807) is 62.3 Å². The molecule has 0 aliphatic carbocycles. The lowest BCUT2D eigenvalue weighted by atomic mass is 9.93.